The third-order valence-electron chi connectivity index (χ3n) is 3.26. The van der Waals surface area contributed by atoms with Gasteiger partial charge in [0, 0.05) is 6.42 Å². The summed E-state index contributed by atoms with van der Waals surface area (Å²) in [5.41, 5.74) is 10.3. The van der Waals surface area contributed by atoms with Crippen molar-refractivity contribution < 1.29 is 14.7 Å². The highest BCUT2D eigenvalue weighted by Crippen LogP contribution is 2.25. The Kier molecular flexibility index (Phi) is 9.21. The minimum absolute atomic E-state index is 0.132. The molecule has 0 aromatic heterocycles. The highest BCUT2D eigenvalue weighted by molar-refractivity contribution is 5.74. The number of carbonyl (C=O) groups excluding carboxylic acids is 1. The Bertz CT molecular complexity index is 274. The first kappa shape index (κ1) is 17.9. The van der Waals surface area contributed by atoms with Crippen LogP contribution in [0.2, 0.25) is 0 Å². The van der Waals surface area contributed by atoms with Crippen LogP contribution in [-0.4, -0.2) is 23.0 Å². The Hall–Kier alpha value is -1.10. The van der Waals surface area contributed by atoms with Gasteiger partial charge in [0.25, 0.3) is 0 Å². The van der Waals surface area contributed by atoms with Gasteiger partial charge < -0.3 is 16.6 Å². The van der Waals surface area contributed by atoms with Crippen LogP contribution < -0.4 is 11.5 Å². The highest BCUT2D eigenvalue weighted by atomic mass is 16.4. The number of carboxylic acids is 1. The molecule has 1 aliphatic carbocycles. The van der Waals surface area contributed by atoms with E-state index in [9.17, 15) is 9.59 Å². The van der Waals surface area contributed by atoms with Gasteiger partial charge in [0.1, 0.15) is 6.04 Å². The first-order chi connectivity index (χ1) is 8.82. The van der Waals surface area contributed by atoms with Gasteiger partial charge in [0.2, 0.25) is 5.91 Å². The van der Waals surface area contributed by atoms with Crippen LogP contribution >= 0.6 is 0 Å². The smallest absolute Gasteiger partial charge is 0.320 e. The van der Waals surface area contributed by atoms with E-state index in [0.29, 0.717) is 24.7 Å². The van der Waals surface area contributed by atoms with Gasteiger partial charge in [-0.2, -0.15) is 0 Å². The average Bonchev–Trinajstić information content (AvgIpc) is 2.29. The van der Waals surface area contributed by atoms with Crippen LogP contribution in [0.4, 0.5) is 0 Å². The SMILES string of the molecule is CC(C)C[C@H](N)C(=O)O.NC(=O)CC1CCCCC1. The number of hydrogen-bond donors (Lipinski definition) is 3. The van der Waals surface area contributed by atoms with Gasteiger partial charge in [-0.3, -0.25) is 9.59 Å². The van der Waals surface area contributed by atoms with Crippen molar-refractivity contribution in [2.75, 3.05) is 0 Å². The molecule has 1 aliphatic rings. The fourth-order valence-electron chi connectivity index (χ4n) is 2.28. The van der Waals surface area contributed by atoms with Gasteiger partial charge in [-0.05, 0) is 31.1 Å². The van der Waals surface area contributed by atoms with Crippen LogP contribution in [0.5, 0.6) is 0 Å². The molecular formula is C14H28N2O3. The molecule has 5 N–H and O–H groups in total. The van der Waals surface area contributed by atoms with E-state index in [1.54, 1.807) is 0 Å². The minimum atomic E-state index is -0.913. The molecular weight excluding hydrogens is 244 g/mol. The monoisotopic (exact) mass is 272 g/mol. The Morgan fingerprint density at radius 1 is 1.21 bits per heavy atom. The first-order valence-corrected chi connectivity index (χ1v) is 7.09. The number of amides is 1. The van der Waals surface area contributed by atoms with Crippen LogP contribution in [0.3, 0.4) is 0 Å². The molecule has 5 nitrogen and oxygen atoms in total. The molecule has 0 unspecified atom stereocenters. The summed E-state index contributed by atoms with van der Waals surface area (Å²) in [6, 6.07) is -0.690. The quantitative estimate of drug-likeness (QED) is 0.710. The summed E-state index contributed by atoms with van der Waals surface area (Å²) in [5.74, 6) is -0.0852. The van der Waals surface area contributed by atoms with Crippen molar-refractivity contribution in [2.45, 2.75) is 64.8 Å². The zero-order valence-corrected chi connectivity index (χ0v) is 12.1. The van der Waals surface area contributed by atoms with Crippen LogP contribution in [0, 0.1) is 11.8 Å². The zero-order chi connectivity index (χ0) is 14.8. The molecule has 0 bridgehead atoms. The maximum atomic E-state index is 10.5. The number of carbonyl (C=O) groups is 2. The van der Waals surface area contributed by atoms with E-state index in [1.807, 2.05) is 13.8 Å². The maximum absolute atomic E-state index is 10.5. The molecule has 0 aromatic carbocycles. The van der Waals surface area contributed by atoms with Gasteiger partial charge in [0.15, 0.2) is 0 Å². The van der Waals surface area contributed by atoms with Crippen LogP contribution in [-0.2, 0) is 9.59 Å². The minimum Gasteiger partial charge on any atom is -0.480 e. The molecule has 0 radical (unpaired) electrons. The van der Waals surface area contributed by atoms with Crippen LogP contribution in [0.1, 0.15) is 58.8 Å². The van der Waals surface area contributed by atoms with E-state index >= 15 is 0 Å². The number of rotatable bonds is 5. The molecule has 5 heteroatoms. The highest BCUT2D eigenvalue weighted by Gasteiger charge is 2.14. The number of nitrogens with two attached hydrogens (primary N) is 2. The summed E-state index contributed by atoms with van der Waals surface area (Å²) < 4.78 is 0. The van der Waals surface area contributed by atoms with E-state index in [4.69, 9.17) is 16.6 Å². The summed E-state index contributed by atoms with van der Waals surface area (Å²) >= 11 is 0. The van der Waals surface area contributed by atoms with Crippen molar-refractivity contribution in [1.82, 2.24) is 0 Å². The number of carboxylic acid groups (broad SMARTS) is 1. The van der Waals surface area contributed by atoms with Crippen molar-refractivity contribution in [2.24, 2.45) is 23.3 Å². The second-order valence-corrected chi connectivity index (χ2v) is 5.75. The lowest BCUT2D eigenvalue weighted by Crippen LogP contribution is -2.31. The predicted molar refractivity (Wildman–Crippen MR) is 75.5 cm³/mol. The molecule has 1 fully saturated rings. The summed E-state index contributed by atoms with van der Waals surface area (Å²) in [6.07, 6.45) is 7.51. The van der Waals surface area contributed by atoms with Gasteiger partial charge >= 0.3 is 5.97 Å². The Morgan fingerprint density at radius 3 is 2.05 bits per heavy atom. The van der Waals surface area contributed by atoms with Crippen molar-refractivity contribution in [3.63, 3.8) is 0 Å². The Morgan fingerprint density at radius 2 is 1.74 bits per heavy atom. The van der Waals surface area contributed by atoms with Crippen molar-refractivity contribution in [1.29, 1.82) is 0 Å². The molecule has 0 aliphatic heterocycles. The van der Waals surface area contributed by atoms with Gasteiger partial charge in [-0.25, -0.2) is 0 Å². The molecule has 0 aromatic rings. The normalized spacial score (nSPS) is 17.5. The fraction of sp³-hybridized carbons (Fsp3) is 0.857. The topological polar surface area (TPSA) is 106 Å². The molecule has 112 valence electrons. The lowest BCUT2D eigenvalue weighted by molar-refractivity contribution is -0.138. The van der Waals surface area contributed by atoms with Gasteiger partial charge in [0.05, 0.1) is 0 Å². The van der Waals surface area contributed by atoms with E-state index < -0.39 is 12.0 Å². The standard InChI is InChI=1S/C8H15NO.C6H13NO2/c9-8(10)6-7-4-2-1-3-5-7;1-4(2)3-5(7)6(8)9/h7H,1-6H2,(H2,9,10);4-5H,3,7H2,1-2H3,(H,8,9)/t;5-/m.0/s1. The molecule has 1 saturated carbocycles. The predicted octanol–water partition coefficient (Wildman–Crippen LogP) is 1.89. The molecule has 1 atom stereocenters. The molecule has 1 rings (SSSR count). The number of aliphatic carboxylic acids is 1. The lowest BCUT2D eigenvalue weighted by atomic mass is 9.87. The molecule has 1 amide bonds. The fourth-order valence-corrected chi connectivity index (χ4v) is 2.28. The summed E-state index contributed by atoms with van der Waals surface area (Å²) in [7, 11) is 0. The van der Waals surface area contributed by atoms with E-state index in [0.717, 1.165) is 0 Å². The van der Waals surface area contributed by atoms with Crippen molar-refractivity contribution >= 4 is 11.9 Å². The van der Waals surface area contributed by atoms with E-state index in [1.165, 1.54) is 32.1 Å². The van der Waals surface area contributed by atoms with Crippen LogP contribution in [0.25, 0.3) is 0 Å². The third kappa shape index (κ3) is 10.5. The molecule has 0 heterocycles. The van der Waals surface area contributed by atoms with E-state index in [2.05, 4.69) is 0 Å². The maximum Gasteiger partial charge on any atom is 0.320 e. The van der Waals surface area contributed by atoms with Gasteiger partial charge in [-0.1, -0.05) is 33.1 Å². The second kappa shape index (κ2) is 9.78. The Labute approximate surface area is 115 Å². The molecule has 0 spiro atoms. The third-order valence-corrected chi connectivity index (χ3v) is 3.26. The first-order valence-electron chi connectivity index (χ1n) is 7.09. The van der Waals surface area contributed by atoms with Crippen molar-refractivity contribution in [3.8, 4) is 0 Å². The second-order valence-electron chi connectivity index (χ2n) is 5.75. The number of primary amides is 1. The van der Waals surface area contributed by atoms with E-state index in [-0.39, 0.29) is 5.91 Å². The zero-order valence-electron chi connectivity index (χ0n) is 12.1. The van der Waals surface area contributed by atoms with Crippen molar-refractivity contribution in [3.05, 3.63) is 0 Å². The lowest BCUT2D eigenvalue weighted by Gasteiger charge is -2.19. The summed E-state index contributed by atoms with van der Waals surface area (Å²) in [5, 5.41) is 8.31. The number of hydrogen-bond acceptors (Lipinski definition) is 3. The molecule has 19 heavy (non-hydrogen) atoms. The Balaban J connectivity index is 0.000000344. The summed E-state index contributed by atoms with van der Waals surface area (Å²) in [4.78, 5) is 20.6. The average molecular weight is 272 g/mol. The summed E-state index contributed by atoms with van der Waals surface area (Å²) in [6.45, 7) is 3.89. The largest absolute Gasteiger partial charge is 0.480 e. The van der Waals surface area contributed by atoms with Crippen LogP contribution in [0.15, 0.2) is 0 Å². The molecule has 0 saturated heterocycles. The van der Waals surface area contributed by atoms with Gasteiger partial charge in [-0.15, -0.1) is 0 Å².